The second-order valence-electron chi connectivity index (χ2n) is 6.35. The van der Waals surface area contributed by atoms with E-state index in [1.807, 2.05) is 30.3 Å². The van der Waals surface area contributed by atoms with Crippen molar-refractivity contribution in [2.45, 2.75) is 64.7 Å². The molecule has 0 saturated carbocycles. The maximum atomic E-state index is 11.3. The Balaban J connectivity index is 1.89. The van der Waals surface area contributed by atoms with Crippen LogP contribution in [0.15, 0.2) is 36.4 Å². The van der Waals surface area contributed by atoms with E-state index in [-0.39, 0.29) is 0 Å². The van der Waals surface area contributed by atoms with E-state index in [0.717, 1.165) is 17.2 Å². The SMILES string of the molecule is CCCCCCCCCCc1ccc(C(=O)O)c2ccccc12. The van der Waals surface area contributed by atoms with Gasteiger partial charge in [-0.05, 0) is 35.2 Å². The molecule has 0 unspecified atom stereocenters. The third-order valence-electron chi connectivity index (χ3n) is 4.54. The topological polar surface area (TPSA) is 37.3 Å². The first-order chi connectivity index (χ1) is 11.2. The average molecular weight is 312 g/mol. The van der Waals surface area contributed by atoms with Gasteiger partial charge in [-0.15, -0.1) is 0 Å². The van der Waals surface area contributed by atoms with Crippen LogP contribution in [0.1, 0.15) is 74.2 Å². The van der Waals surface area contributed by atoms with Gasteiger partial charge in [0.05, 0.1) is 5.56 Å². The van der Waals surface area contributed by atoms with Gasteiger partial charge in [0.1, 0.15) is 0 Å². The normalized spacial score (nSPS) is 11.0. The molecule has 0 amide bonds. The molecule has 0 fully saturated rings. The van der Waals surface area contributed by atoms with Gasteiger partial charge in [-0.3, -0.25) is 0 Å². The molecule has 23 heavy (non-hydrogen) atoms. The Morgan fingerprint density at radius 1 is 0.826 bits per heavy atom. The molecule has 0 saturated heterocycles. The van der Waals surface area contributed by atoms with Crippen LogP contribution in [0, 0.1) is 0 Å². The van der Waals surface area contributed by atoms with Gasteiger partial charge >= 0.3 is 5.97 Å². The summed E-state index contributed by atoms with van der Waals surface area (Å²) in [5.41, 5.74) is 1.68. The smallest absolute Gasteiger partial charge is 0.336 e. The Hall–Kier alpha value is -1.83. The van der Waals surface area contributed by atoms with Crippen LogP contribution in [0.2, 0.25) is 0 Å². The van der Waals surface area contributed by atoms with E-state index in [1.54, 1.807) is 6.07 Å². The van der Waals surface area contributed by atoms with Gasteiger partial charge in [0.25, 0.3) is 0 Å². The van der Waals surface area contributed by atoms with Crippen molar-refractivity contribution in [1.82, 2.24) is 0 Å². The summed E-state index contributed by atoms with van der Waals surface area (Å²) in [4.78, 5) is 11.3. The molecule has 0 heterocycles. The highest BCUT2D eigenvalue weighted by Crippen LogP contribution is 2.24. The minimum Gasteiger partial charge on any atom is -0.478 e. The van der Waals surface area contributed by atoms with Crippen LogP contribution in [-0.2, 0) is 6.42 Å². The van der Waals surface area contributed by atoms with Gasteiger partial charge in [-0.1, -0.05) is 82.2 Å². The molecule has 0 aliphatic heterocycles. The molecule has 0 radical (unpaired) electrons. The van der Waals surface area contributed by atoms with Crippen LogP contribution >= 0.6 is 0 Å². The Morgan fingerprint density at radius 3 is 2.09 bits per heavy atom. The predicted molar refractivity (Wildman–Crippen MR) is 97.2 cm³/mol. The summed E-state index contributed by atoms with van der Waals surface area (Å²) in [5.74, 6) is -0.847. The number of hydrogen-bond acceptors (Lipinski definition) is 1. The largest absolute Gasteiger partial charge is 0.478 e. The van der Waals surface area contributed by atoms with Crippen molar-refractivity contribution in [1.29, 1.82) is 0 Å². The fourth-order valence-corrected chi connectivity index (χ4v) is 3.22. The third-order valence-corrected chi connectivity index (χ3v) is 4.54. The molecule has 0 bridgehead atoms. The lowest BCUT2D eigenvalue weighted by atomic mass is 9.96. The van der Waals surface area contributed by atoms with Crippen LogP contribution in [0.5, 0.6) is 0 Å². The lowest BCUT2D eigenvalue weighted by Gasteiger charge is -2.09. The molecular formula is C21H28O2. The Labute approximate surface area is 139 Å². The summed E-state index contributed by atoms with van der Waals surface area (Å²) < 4.78 is 0. The van der Waals surface area contributed by atoms with Crippen LogP contribution in [0.4, 0.5) is 0 Å². The van der Waals surface area contributed by atoms with E-state index >= 15 is 0 Å². The zero-order valence-electron chi connectivity index (χ0n) is 14.2. The molecule has 0 spiro atoms. The first-order valence-corrected chi connectivity index (χ1v) is 8.98. The van der Waals surface area contributed by atoms with Crippen molar-refractivity contribution < 1.29 is 9.90 Å². The molecule has 2 rings (SSSR count). The summed E-state index contributed by atoms with van der Waals surface area (Å²) in [7, 11) is 0. The molecule has 2 heteroatoms. The lowest BCUT2D eigenvalue weighted by Crippen LogP contribution is -1.99. The summed E-state index contributed by atoms with van der Waals surface area (Å²) >= 11 is 0. The minimum absolute atomic E-state index is 0.403. The third kappa shape index (κ3) is 5.09. The van der Waals surface area contributed by atoms with Crippen LogP contribution in [-0.4, -0.2) is 11.1 Å². The number of benzene rings is 2. The van der Waals surface area contributed by atoms with Gasteiger partial charge in [0, 0.05) is 0 Å². The fraction of sp³-hybridized carbons (Fsp3) is 0.476. The summed E-state index contributed by atoms with van der Waals surface area (Å²) in [5, 5.41) is 11.3. The monoisotopic (exact) mass is 312 g/mol. The van der Waals surface area contributed by atoms with Crippen LogP contribution < -0.4 is 0 Å². The number of aryl methyl sites for hydroxylation is 1. The standard InChI is InChI=1S/C21H28O2/c1-2-3-4-5-6-7-8-9-12-17-15-16-20(21(22)23)19-14-11-10-13-18(17)19/h10-11,13-16H,2-9,12H2,1H3,(H,22,23). The molecule has 2 aromatic carbocycles. The van der Waals surface area contributed by atoms with E-state index < -0.39 is 5.97 Å². The zero-order valence-corrected chi connectivity index (χ0v) is 14.2. The maximum Gasteiger partial charge on any atom is 0.336 e. The van der Waals surface area contributed by atoms with Crippen molar-refractivity contribution in [3.63, 3.8) is 0 Å². The predicted octanol–water partition coefficient (Wildman–Crippen LogP) is 6.22. The number of aromatic carboxylic acids is 1. The average Bonchev–Trinajstić information content (AvgIpc) is 2.57. The summed E-state index contributed by atoms with van der Waals surface area (Å²) in [6.45, 7) is 2.25. The van der Waals surface area contributed by atoms with E-state index in [4.69, 9.17) is 0 Å². The van der Waals surface area contributed by atoms with Crippen molar-refractivity contribution in [2.75, 3.05) is 0 Å². The number of rotatable bonds is 10. The van der Waals surface area contributed by atoms with Gasteiger partial charge in [0.15, 0.2) is 0 Å². The molecule has 2 aromatic rings. The zero-order chi connectivity index (χ0) is 16.5. The highest BCUT2D eigenvalue weighted by atomic mass is 16.4. The number of carboxylic acid groups (broad SMARTS) is 1. The van der Waals surface area contributed by atoms with E-state index in [9.17, 15) is 9.90 Å². The quantitative estimate of drug-likeness (QED) is 0.529. The molecule has 0 aliphatic carbocycles. The van der Waals surface area contributed by atoms with Gasteiger partial charge in [-0.2, -0.15) is 0 Å². The number of hydrogen-bond donors (Lipinski definition) is 1. The van der Waals surface area contributed by atoms with Crippen molar-refractivity contribution in [3.05, 3.63) is 47.5 Å². The molecule has 0 aromatic heterocycles. The Kier molecular flexibility index (Phi) is 7.12. The minimum atomic E-state index is -0.847. The number of fused-ring (bicyclic) bond motifs is 1. The molecule has 0 aliphatic rings. The first-order valence-electron chi connectivity index (χ1n) is 8.98. The molecule has 124 valence electrons. The number of carbonyl (C=O) groups is 1. The molecule has 0 atom stereocenters. The van der Waals surface area contributed by atoms with Crippen LogP contribution in [0.25, 0.3) is 10.8 Å². The molecule has 1 N–H and O–H groups in total. The Morgan fingerprint density at radius 2 is 1.43 bits per heavy atom. The molecule has 2 nitrogen and oxygen atoms in total. The maximum absolute atomic E-state index is 11.3. The second kappa shape index (κ2) is 9.34. The van der Waals surface area contributed by atoms with Crippen LogP contribution in [0.3, 0.4) is 0 Å². The number of unbranched alkanes of at least 4 members (excludes halogenated alkanes) is 7. The van der Waals surface area contributed by atoms with E-state index in [1.165, 1.54) is 56.9 Å². The fourth-order valence-electron chi connectivity index (χ4n) is 3.22. The highest BCUT2D eigenvalue weighted by molar-refractivity contribution is 6.04. The van der Waals surface area contributed by atoms with Gasteiger partial charge < -0.3 is 5.11 Å². The first kappa shape index (κ1) is 17.5. The molecular weight excluding hydrogens is 284 g/mol. The van der Waals surface area contributed by atoms with E-state index in [0.29, 0.717) is 5.56 Å². The summed E-state index contributed by atoms with van der Waals surface area (Å²) in [6, 6.07) is 11.6. The number of carboxylic acids is 1. The lowest BCUT2D eigenvalue weighted by molar-refractivity contribution is 0.0699. The highest BCUT2D eigenvalue weighted by Gasteiger charge is 2.10. The van der Waals surface area contributed by atoms with Crippen molar-refractivity contribution >= 4 is 16.7 Å². The van der Waals surface area contributed by atoms with Crippen molar-refractivity contribution in [2.24, 2.45) is 0 Å². The van der Waals surface area contributed by atoms with Crippen molar-refractivity contribution in [3.8, 4) is 0 Å². The Bertz CT molecular complexity index is 631. The second-order valence-corrected chi connectivity index (χ2v) is 6.35. The van der Waals surface area contributed by atoms with Gasteiger partial charge in [-0.25, -0.2) is 4.79 Å². The van der Waals surface area contributed by atoms with E-state index in [2.05, 4.69) is 6.92 Å². The summed E-state index contributed by atoms with van der Waals surface area (Å²) in [6.07, 6.45) is 11.6. The van der Waals surface area contributed by atoms with Gasteiger partial charge in [0.2, 0.25) is 0 Å².